The summed E-state index contributed by atoms with van der Waals surface area (Å²) in [5, 5.41) is 2.95. The standard InChI is InChI=1S/C20H30N2O2/c1-14(2)18(20(24)22(4)17-11-6-5-7-12-17)21-19(23)16-10-8-9-15(3)13-16/h8-10,13-14,17-18H,5-7,11-12H2,1-4H3,(H,21,23). The second-order valence-electron chi connectivity index (χ2n) is 7.31. The summed E-state index contributed by atoms with van der Waals surface area (Å²) in [5.74, 6) is -0.0991. The molecule has 1 saturated carbocycles. The highest BCUT2D eigenvalue weighted by molar-refractivity contribution is 5.97. The summed E-state index contributed by atoms with van der Waals surface area (Å²) in [5.41, 5.74) is 1.64. The molecular weight excluding hydrogens is 300 g/mol. The quantitative estimate of drug-likeness (QED) is 0.898. The summed E-state index contributed by atoms with van der Waals surface area (Å²) in [6.07, 6.45) is 5.77. The largest absolute Gasteiger partial charge is 0.341 e. The molecule has 2 rings (SSSR count). The Labute approximate surface area is 145 Å². The molecule has 1 aromatic rings. The lowest BCUT2D eigenvalue weighted by Crippen LogP contribution is -2.53. The van der Waals surface area contributed by atoms with Crippen LogP contribution in [0.2, 0.25) is 0 Å². The Morgan fingerprint density at radius 2 is 1.83 bits per heavy atom. The number of aryl methyl sites for hydroxylation is 1. The van der Waals surface area contributed by atoms with Crippen molar-refractivity contribution in [2.24, 2.45) is 5.92 Å². The van der Waals surface area contributed by atoms with Gasteiger partial charge in [0, 0.05) is 18.7 Å². The molecule has 1 aliphatic rings. The third-order valence-corrected chi connectivity index (χ3v) is 4.97. The van der Waals surface area contributed by atoms with Gasteiger partial charge in [-0.3, -0.25) is 9.59 Å². The first kappa shape index (κ1) is 18.5. The fraction of sp³-hybridized carbons (Fsp3) is 0.600. The van der Waals surface area contributed by atoms with E-state index in [1.54, 1.807) is 6.07 Å². The first-order chi connectivity index (χ1) is 11.4. The number of nitrogens with zero attached hydrogens (tertiary/aromatic N) is 1. The van der Waals surface area contributed by atoms with Crippen LogP contribution in [-0.2, 0) is 4.79 Å². The Bertz CT molecular complexity index is 577. The van der Waals surface area contributed by atoms with E-state index < -0.39 is 6.04 Å². The minimum Gasteiger partial charge on any atom is -0.341 e. The fourth-order valence-electron chi connectivity index (χ4n) is 3.39. The zero-order chi connectivity index (χ0) is 17.7. The third-order valence-electron chi connectivity index (χ3n) is 4.97. The first-order valence-corrected chi connectivity index (χ1v) is 9.04. The molecule has 0 saturated heterocycles. The van der Waals surface area contributed by atoms with Crippen LogP contribution in [0.4, 0.5) is 0 Å². The van der Waals surface area contributed by atoms with E-state index in [-0.39, 0.29) is 17.7 Å². The van der Waals surface area contributed by atoms with E-state index in [1.807, 2.05) is 50.9 Å². The minimum atomic E-state index is -0.482. The molecule has 0 aromatic heterocycles. The van der Waals surface area contributed by atoms with Crippen LogP contribution in [0.3, 0.4) is 0 Å². The Hall–Kier alpha value is -1.84. The maximum absolute atomic E-state index is 12.9. The van der Waals surface area contributed by atoms with E-state index in [0.717, 1.165) is 18.4 Å². The van der Waals surface area contributed by atoms with Gasteiger partial charge in [0.2, 0.25) is 5.91 Å². The lowest BCUT2D eigenvalue weighted by molar-refractivity contribution is -0.135. The van der Waals surface area contributed by atoms with Crippen molar-refractivity contribution in [3.63, 3.8) is 0 Å². The van der Waals surface area contributed by atoms with Crippen LogP contribution in [0.1, 0.15) is 61.9 Å². The lowest BCUT2D eigenvalue weighted by atomic mass is 9.93. The average Bonchev–Trinajstić information content (AvgIpc) is 2.58. The van der Waals surface area contributed by atoms with Crippen LogP contribution >= 0.6 is 0 Å². The minimum absolute atomic E-state index is 0.0258. The molecule has 1 atom stereocenters. The molecule has 0 bridgehead atoms. The lowest BCUT2D eigenvalue weighted by Gasteiger charge is -2.35. The number of nitrogens with one attached hydrogen (secondary N) is 1. The highest BCUT2D eigenvalue weighted by Crippen LogP contribution is 2.23. The molecule has 24 heavy (non-hydrogen) atoms. The van der Waals surface area contributed by atoms with Crippen LogP contribution in [0.5, 0.6) is 0 Å². The molecule has 1 N–H and O–H groups in total. The van der Waals surface area contributed by atoms with Gasteiger partial charge >= 0.3 is 0 Å². The van der Waals surface area contributed by atoms with Gasteiger partial charge in [-0.05, 0) is 37.8 Å². The van der Waals surface area contributed by atoms with Crippen LogP contribution in [0.25, 0.3) is 0 Å². The van der Waals surface area contributed by atoms with Gasteiger partial charge in [0.15, 0.2) is 0 Å². The molecule has 0 heterocycles. The molecule has 4 nitrogen and oxygen atoms in total. The molecule has 0 aliphatic heterocycles. The van der Waals surface area contributed by atoms with E-state index >= 15 is 0 Å². The third kappa shape index (κ3) is 4.59. The summed E-state index contributed by atoms with van der Waals surface area (Å²) in [6.45, 7) is 5.92. The molecule has 1 fully saturated rings. The number of likely N-dealkylation sites (N-methyl/N-ethyl adjacent to an activating group) is 1. The highest BCUT2D eigenvalue weighted by Gasteiger charge is 2.31. The van der Waals surface area contributed by atoms with Crippen LogP contribution in [0.15, 0.2) is 24.3 Å². The predicted molar refractivity (Wildman–Crippen MR) is 96.9 cm³/mol. The van der Waals surface area contributed by atoms with Gasteiger partial charge < -0.3 is 10.2 Å². The summed E-state index contributed by atoms with van der Waals surface area (Å²) < 4.78 is 0. The van der Waals surface area contributed by atoms with Crippen molar-refractivity contribution in [3.05, 3.63) is 35.4 Å². The number of hydrogen-bond acceptors (Lipinski definition) is 2. The van der Waals surface area contributed by atoms with Crippen molar-refractivity contribution in [2.45, 2.75) is 65.0 Å². The van der Waals surface area contributed by atoms with Gasteiger partial charge in [-0.15, -0.1) is 0 Å². The number of rotatable bonds is 5. The number of benzene rings is 1. The topological polar surface area (TPSA) is 49.4 Å². The van der Waals surface area contributed by atoms with Crippen molar-refractivity contribution < 1.29 is 9.59 Å². The van der Waals surface area contributed by atoms with E-state index in [2.05, 4.69) is 5.32 Å². The molecular formula is C20H30N2O2. The molecule has 132 valence electrons. The van der Waals surface area contributed by atoms with Crippen molar-refractivity contribution in [2.75, 3.05) is 7.05 Å². The van der Waals surface area contributed by atoms with Crippen LogP contribution in [0, 0.1) is 12.8 Å². The van der Waals surface area contributed by atoms with Gasteiger partial charge in [0.05, 0.1) is 0 Å². The molecule has 4 heteroatoms. The second kappa shape index (κ2) is 8.32. The van der Waals surface area contributed by atoms with Crippen LogP contribution in [-0.4, -0.2) is 35.8 Å². The zero-order valence-electron chi connectivity index (χ0n) is 15.3. The predicted octanol–water partition coefficient (Wildman–Crippen LogP) is 3.54. The molecule has 1 aromatic carbocycles. The summed E-state index contributed by atoms with van der Waals surface area (Å²) >= 11 is 0. The Morgan fingerprint density at radius 3 is 2.42 bits per heavy atom. The van der Waals surface area contributed by atoms with E-state index in [9.17, 15) is 9.59 Å². The number of amides is 2. The average molecular weight is 330 g/mol. The van der Waals surface area contributed by atoms with Crippen molar-refractivity contribution in [3.8, 4) is 0 Å². The normalized spacial score (nSPS) is 16.7. The van der Waals surface area contributed by atoms with Crippen molar-refractivity contribution in [1.29, 1.82) is 0 Å². The second-order valence-corrected chi connectivity index (χ2v) is 7.31. The van der Waals surface area contributed by atoms with E-state index in [1.165, 1.54) is 19.3 Å². The molecule has 0 radical (unpaired) electrons. The van der Waals surface area contributed by atoms with Crippen LogP contribution < -0.4 is 5.32 Å². The van der Waals surface area contributed by atoms with E-state index in [0.29, 0.717) is 11.6 Å². The van der Waals surface area contributed by atoms with Crippen molar-refractivity contribution >= 4 is 11.8 Å². The Balaban J connectivity index is 2.07. The Kier molecular flexibility index (Phi) is 6.41. The number of carbonyl (C=O) groups excluding carboxylic acids is 2. The van der Waals surface area contributed by atoms with Gasteiger partial charge in [-0.2, -0.15) is 0 Å². The summed E-state index contributed by atoms with van der Waals surface area (Å²) in [4.78, 5) is 27.3. The fourth-order valence-corrected chi connectivity index (χ4v) is 3.39. The van der Waals surface area contributed by atoms with Gasteiger partial charge in [0.25, 0.3) is 5.91 Å². The molecule has 1 aliphatic carbocycles. The molecule has 1 unspecified atom stereocenters. The maximum Gasteiger partial charge on any atom is 0.251 e. The zero-order valence-corrected chi connectivity index (χ0v) is 15.3. The molecule has 0 spiro atoms. The maximum atomic E-state index is 12.9. The van der Waals surface area contributed by atoms with Crippen molar-refractivity contribution in [1.82, 2.24) is 10.2 Å². The Morgan fingerprint density at radius 1 is 1.17 bits per heavy atom. The van der Waals surface area contributed by atoms with Gasteiger partial charge in [-0.1, -0.05) is 50.8 Å². The summed E-state index contributed by atoms with van der Waals surface area (Å²) in [7, 11) is 1.88. The summed E-state index contributed by atoms with van der Waals surface area (Å²) in [6, 6.07) is 7.29. The monoisotopic (exact) mass is 330 g/mol. The number of carbonyl (C=O) groups is 2. The molecule has 2 amide bonds. The van der Waals surface area contributed by atoms with Gasteiger partial charge in [0.1, 0.15) is 6.04 Å². The first-order valence-electron chi connectivity index (χ1n) is 9.04. The van der Waals surface area contributed by atoms with Gasteiger partial charge in [-0.25, -0.2) is 0 Å². The smallest absolute Gasteiger partial charge is 0.251 e. The SMILES string of the molecule is Cc1cccc(C(=O)NC(C(=O)N(C)C2CCCCC2)C(C)C)c1. The van der Waals surface area contributed by atoms with E-state index in [4.69, 9.17) is 0 Å². The number of hydrogen-bond donors (Lipinski definition) is 1. The highest BCUT2D eigenvalue weighted by atomic mass is 16.2.